The molecule has 0 atom stereocenters. The van der Waals surface area contributed by atoms with E-state index in [1.165, 1.54) is 12.8 Å². The lowest BCUT2D eigenvalue weighted by molar-refractivity contribution is -0.122. The maximum Gasteiger partial charge on any atom is 0.257 e. The van der Waals surface area contributed by atoms with Gasteiger partial charge in [-0.15, -0.1) is 6.58 Å². The monoisotopic (exact) mass is 388 g/mol. The lowest BCUT2D eigenvalue weighted by atomic mass is 10.2. The molecular weight excluding hydrogens is 352 g/mol. The van der Waals surface area contributed by atoms with E-state index >= 15 is 0 Å². The third kappa shape index (κ3) is 10.00. The van der Waals surface area contributed by atoms with Crippen molar-refractivity contribution in [2.24, 2.45) is 4.99 Å². The highest BCUT2D eigenvalue weighted by atomic mass is 16.5. The van der Waals surface area contributed by atoms with Crippen LogP contribution >= 0.6 is 0 Å². The molecule has 1 aromatic carbocycles. The van der Waals surface area contributed by atoms with Crippen molar-refractivity contribution in [1.82, 2.24) is 15.5 Å². The summed E-state index contributed by atoms with van der Waals surface area (Å²) >= 11 is 0. The second-order valence-corrected chi connectivity index (χ2v) is 6.62. The van der Waals surface area contributed by atoms with Crippen LogP contribution in [-0.4, -0.2) is 50.1 Å². The van der Waals surface area contributed by atoms with Gasteiger partial charge in [-0.2, -0.15) is 0 Å². The zero-order chi connectivity index (χ0) is 20.6. The molecule has 0 spiro atoms. The first-order valence-electron chi connectivity index (χ1n) is 10.2. The van der Waals surface area contributed by atoms with E-state index in [0.29, 0.717) is 18.8 Å². The predicted octanol–water partition coefficient (Wildman–Crippen LogP) is 3.35. The van der Waals surface area contributed by atoms with Crippen molar-refractivity contribution in [3.63, 3.8) is 0 Å². The Morgan fingerprint density at radius 2 is 2.00 bits per heavy atom. The van der Waals surface area contributed by atoms with E-state index in [0.717, 1.165) is 37.5 Å². The Kier molecular flexibility index (Phi) is 12.2. The zero-order valence-electron chi connectivity index (χ0n) is 17.7. The van der Waals surface area contributed by atoms with Gasteiger partial charge in [0.05, 0.1) is 6.54 Å². The number of benzene rings is 1. The first kappa shape index (κ1) is 23.5. The fourth-order valence-corrected chi connectivity index (χ4v) is 2.69. The summed E-state index contributed by atoms with van der Waals surface area (Å²) in [6.07, 6.45) is 6.58. The molecule has 0 saturated heterocycles. The number of hydrogen-bond acceptors (Lipinski definition) is 3. The van der Waals surface area contributed by atoms with Crippen LogP contribution in [0.1, 0.15) is 45.1 Å². The third-order valence-electron chi connectivity index (χ3n) is 4.15. The van der Waals surface area contributed by atoms with Crippen molar-refractivity contribution in [2.45, 2.75) is 46.1 Å². The summed E-state index contributed by atoms with van der Waals surface area (Å²) in [7, 11) is 2.07. The first-order valence-corrected chi connectivity index (χ1v) is 10.2. The number of allylic oxidation sites excluding steroid dienone is 1. The molecule has 0 bridgehead atoms. The number of rotatable bonds is 13. The van der Waals surface area contributed by atoms with Gasteiger partial charge in [0.15, 0.2) is 12.6 Å². The number of ether oxygens (including phenoxy) is 1. The minimum Gasteiger partial charge on any atom is -0.484 e. The molecule has 2 N–H and O–H groups in total. The molecule has 0 aromatic heterocycles. The Labute approximate surface area is 170 Å². The standard InChI is InChI=1S/C22H36N4O2/c1-5-8-9-10-11-15-26(4)22(24-7-3)25-17-19-13-12-14-20(16-19)28-18-21(27)23-6-2/h5,12-14,16H,1,6-11,15,17-18H2,2-4H3,(H,23,27)(H,24,25). The lowest BCUT2D eigenvalue weighted by Crippen LogP contribution is -2.39. The van der Waals surface area contributed by atoms with Gasteiger partial charge in [0.25, 0.3) is 5.91 Å². The summed E-state index contributed by atoms with van der Waals surface area (Å²) < 4.78 is 5.55. The molecule has 1 amide bonds. The summed E-state index contributed by atoms with van der Waals surface area (Å²) in [6, 6.07) is 7.73. The van der Waals surface area contributed by atoms with Crippen LogP contribution in [-0.2, 0) is 11.3 Å². The van der Waals surface area contributed by atoms with E-state index in [1.807, 2.05) is 37.3 Å². The molecule has 0 fully saturated rings. The SMILES string of the molecule is C=CCCCCCN(C)C(=NCc1cccc(OCC(=O)NCC)c1)NCC. The van der Waals surface area contributed by atoms with Gasteiger partial charge in [0.1, 0.15) is 5.75 Å². The predicted molar refractivity (Wildman–Crippen MR) is 117 cm³/mol. The second kappa shape index (κ2) is 14.5. The van der Waals surface area contributed by atoms with Crippen molar-refractivity contribution in [1.29, 1.82) is 0 Å². The Morgan fingerprint density at radius 1 is 1.21 bits per heavy atom. The van der Waals surface area contributed by atoms with Crippen LogP contribution in [0.15, 0.2) is 41.9 Å². The van der Waals surface area contributed by atoms with Crippen molar-refractivity contribution >= 4 is 11.9 Å². The molecular formula is C22H36N4O2. The molecule has 6 nitrogen and oxygen atoms in total. The number of aliphatic imine (C=N–C) groups is 1. The Balaban J connectivity index is 2.59. The van der Waals surface area contributed by atoms with E-state index in [2.05, 4.69) is 36.1 Å². The highest BCUT2D eigenvalue weighted by Gasteiger charge is 2.06. The topological polar surface area (TPSA) is 66.0 Å². The number of likely N-dealkylation sites (N-methyl/N-ethyl adjacent to an activating group) is 1. The average Bonchev–Trinajstić information content (AvgIpc) is 2.70. The van der Waals surface area contributed by atoms with Crippen LogP contribution < -0.4 is 15.4 Å². The van der Waals surface area contributed by atoms with Crippen LogP contribution in [0, 0.1) is 0 Å². The highest BCUT2D eigenvalue weighted by Crippen LogP contribution is 2.14. The number of nitrogens with zero attached hydrogens (tertiary/aromatic N) is 2. The molecule has 0 aliphatic rings. The maximum atomic E-state index is 11.5. The summed E-state index contributed by atoms with van der Waals surface area (Å²) in [5, 5.41) is 6.07. The molecule has 28 heavy (non-hydrogen) atoms. The van der Waals surface area contributed by atoms with Crippen molar-refractivity contribution in [3.05, 3.63) is 42.5 Å². The molecule has 0 heterocycles. The molecule has 0 aliphatic heterocycles. The molecule has 0 radical (unpaired) electrons. The quantitative estimate of drug-likeness (QED) is 0.235. The van der Waals surface area contributed by atoms with Gasteiger partial charge in [0.2, 0.25) is 0 Å². The van der Waals surface area contributed by atoms with Gasteiger partial charge in [-0.25, -0.2) is 4.99 Å². The Morgan fingerprint density at radius 3 is 2.71 bits per heavy atom. The van der Waals surface area contributed by atoms with Gasteiger partial charge >= 0.3 is 0 Å². The molecule has 0 unspecified atom stereocenters. The van der Waals surface area contributed by atoms with Gasteiger partial charge < -0.3 is 20.3 Å². The molecule has 0 aliphatic carbocycles. The number of guanidine groups is 1. The number of nitrogens with one attached hydrogen (secondary N) is 2. The molecule has 6 heteroatoms. The highest BCUT2D eigenvalue weighted by molar-refractivity contribution is 5.79. The Hall–Kier alpha value is -2.50. The molecule has 1 rings (SSSR count). The normalized spacial score (nSPS) is 11.0. The van der Waals surface area contributed by atoms with Crippen LogP contribution in [0.5, 0.6) is 5.75 Å². The summed E-state index contributed by atoms with van der Waals surface area (Å²) in [5.74, 6) is 1.47. The second-order valence-electron chi connectivity index (χ2n) is 6.62. The van der Waals surface area contributed by atoms with E-state index < -0.39 is 0 Å². The van der Waals surface area contributed by atoms with Gasteiger partial charge in [-0.3, -0.25) is 4.79 Å². The summed E-state index contributed by atoms with van der Waals surface area (Å²) in [6.45, 7) is 10.7. The summed E-state index contributed by atoms with van der Waals surface area (Å²) in [5.41, 5.74) is 1.04. The Bertz CT molecular complexity index is 616. The molecule has 156 valence electrons. The van der Waals surface area contributed by atoms with Crippen molar-refractivity contribution < 1.29 is 9.53 Å². The maximum absolute atomic E-state index is 11.5. The van der Waals surface area contributed by atoms with Crippen LogP contribution in [0.4, 0.5) is 0 Å². The van der Waals surface area contributed by atoms with Gasteiger partial charge in [-0.1, -0.05) is 24.6 Å². The van der Waals surface area contributed by atoms with E-state index in [4.69, 9.17) is 9.73 Å². The van der Waals surface area contributed by atoms with Crippen LogP contribution in [0.25, 0.3) is 0 Å². The fourth-order valence-electron chi connectivity index (χ4n) is 2.69. The zero-order valence-corrected chi connectivity index (χ0v) is 17.7. The lowest BCUT2D eigenvalue weighted by Gasteiger charge is -2.22. The van der Waals surface area contributed by atoms with E-state index in [-0.39, 0.29) is 12.5 Å². The molecule has 1 aromatic rings. The number of unbranched alkanes of at least 4 members (excludes halogenated alkanes) is 3. The number of carbonyl (C=O) groups excluding carboxylic acids is 1. The minimum absolute atomic E-state index is 0.0256. The van der Waals surface area contributed by atoms with Crippen LogP contribution in [0.3, 0.4) is 0 Å². The number of carbonyl (C=O) groups is 1. The van der Waals surface area contributed by atoms with E-state index in [9.17, 15) is 4.79 Å². The minimum atomic E-state index is -0.116. The summed E-state index contributed by atoms with van der Waals surface area (Å²) in [4.78, 5) is 18.4. The third-order valence-corrected chi connectivity index (χ3v) is 4.15. The fraction of sp³-hybridized carbons (Fsp3) is 0.545. The molecule has 0 saturated carbocycles. The van der Waals surface area contributed by atoms with Crippen molar-refractivity contribution in [3.8, 4) is 5.75 Å². The smallest absolute Gasteiger partial charge is 0.257 e. The number of hydrogen-bond donors (Lipinski definition) is 2. The van der Waals surface area contributed by atoms with Gasteiger partial charge in [0, 0.05) is 26.7 Å². The first-order chi connectivity index (χ1) is 13.6. The van der Waals surface area contributed by atoms with Crippen molar-refractivity contribution in [2.75, 3.05) is 33.3 Å². The van der Waals surface area contributed by atoms with Gasteiger partial charge in [-0.05, 0) is 50.8 Å². The number of amides is 1. The largest absolute Gasteiger partial charge is 0.484 e. The van der Waals surface area contributed by atoms with E-state index in [1.54, 1.807) is 0 Å². The average molecular weight is 389 g/mol. The van der Waals surface area contributed by atoms with Crippen LogP contribution in [0.2, 0.25) is 0 Å².